The SMILES string of the molecule is C=CCNC(=O)[C@@H]1CC[C@H](c2ccccc2)N(Cc2ccc(F)cc2)C1. The predicted molar refractivity (Wildman–Crippen MR) is 102 cm³/mol. The molecule has 0 aromatic heterocycles. The van der Waals surface area contributed by atoms with Crippen LogP contribution in [0.25, 0.3) is 0 Å². The Hall–Kier alpha value is -2.46. The van der Waals surface area contributed by atoms with Gasteiger partial charge in [0.1, 0.15) is 5.82 Å². The lowest BCUT2D eigenvalue weighted by molar-refractivity contribution is -0.127. The zero-order chi connectivity index (χ0) is 18.4. The third-order valence-electron chi connectivity index (χ3n) is 4.96. The highest BCUT2D eigenvalue weighted by Crippen LogP contribution is 2.34. The third kappa shape index (κ3) is 4.58. The summed E-state index contributed by atoms with van der Waals surface area (Å²) in [6.45, 7) is 5.54. The summed E-state index contributed by atoms with van der Waals surface area (Å²) in [7, 11) is 0. The number of nitrogens with zero attached hydrogens (tertiary/aromatic N) is 1. The molecule has 3 nitrogen and oxygen atoms in total. The number of benzene rings is 2. The van der Waals surface area contributed by atoms with Crippen molar-refractivity contribution in [2.45, 2.75) is 25.4 Å². The van der Waals surface area contributed by atoms with E-state index in [9.17, 15) is 9.18 Å². The Kier molecular flexibility index (Phi) is 6.18. The molecule has 0 saturated carbocycles. The van der Waals surface area contributed by atoms with Crippen molar-refractivity contribution in [3.05, 3.63) is 84.2 Å². The van der Waals surface area contributed by atoms with Crippen molar-refractivity contribution in [3.8, 4) is 0 Å². The summed E-state index contributed by atoms with van der Waals surface area (Å²) in [5, 5.41) is 2.92. The number of nitrogens with one attached hydrogen (secondary N) is 1. The van der Waals surface area contributed by atoms with E-state index in [0.717, 1.165) is 18.4 Å². The van der Waals surface area contributed by atoms with Crippen LogP contribution in [-0.2, 0) is 11.3 Å². The Balaban J connectivity index is 1.77. The monoisotopic (exact) mass is 352 g/mol. The maximum Gasteiger partial charge on any atom is 0.224 e. The van der Waals surface area contributed by atoms with E-state index in [0.29, 0.717) is 19.6 Å². The zero-order valence-corrected chi connectivity index (χ0v) is 14.9. The van der Waals surface area contributed by atoms with E-state index in [2.05, 4.69) is 28.9 Å². The van der Waals surface area contributed by atoms with Gasteiger partial charge in [0.15, 0.2) is 0 Å². The molecule has 0 radical (unpaired) electrons. The summed E-state index contributed by atoms with van der Waals surface area (Å²) in [6.07, 6.45) is 3.49. The number of hydrogen-bond acceptors (Lipinski definition) is 2. The predicted octanol–water partition coefficient (Wildman–Crippen LogP) is 4.08. The van der Waals surface area contributed by atoms with Crippen LogP contribution < -0.4 is 5.32 Å². The summed E-state index contributed by atoms with van der Waals surface area (Å²) >= 11 is 0. The Morgan fingerprint density at radius 1 is 1.15 bits per heavy atom. The number of halogens is 1. The highest BCUT2D eigenvalue weighted by atomic mass is 19.1. The maximum absolute atomic E-state index is 13.2. The standard InChI is InChI=1S/C22H25FN2O/c1-2-14-24-22(26)19-10-13-21(18-6-4-3-5-7-18)25(16-19)15-17-8-11-20(23)12-9-17/h2-9,11-12,19,21H,1,10,13-16H2,(H,24,26)/t19-,21-/m1/s1. The molecule has 0 aliphatic carbocycles. The molecule has 1 amide bonds. The van der Waals surface area contributed by atoms with Crippen LogP contribution in [0.3, 0.4) is 0 Å². The topological polar surface area (TPSA) is 32.3 Å². The molecule has 1 fully saturated rings. The molecule has 3 rings (SSSR count). The van der Waals surface area contributed by atoms with Gasteiger partial charge in [-0.05, 0) is 36.1 Å². The fourth-order valence-electron chi connectivity index (χ4n) is 3.63. The van der Waals surface area contributed by atoms with Crippen molar-refractivity contribution in [1.29, 1.82) is 0 Å². The average molecular weight is 352 g/mol. The van der Waals surface area contributed by atoms with Crippen LogP contribution >= 0.6 is 0 Å². The second-order valence-electron chi connectivity index (χ2n) is 6.79. The zero-order valence-electron chi connectivity index (χ0n) is 14.9. The molecule has 26 heavy (non-hydrogen) atoms. The molecule has 1 aliphatic heterocycles. The summed E-state index contributed by atoms with van der Waals surface area (Å²) < 4.78 is 13.2. The fourth-order valence-corrected chi connectivity index (χ4v) is 3.63. The van der Waals surface area contributed by atoms with Gasteiger partial charge in [-0.25, -0.2) is 4.39 Å². The third-order valence-corrected chi connectivity index (χ3v) is 4.96. The van der Waals surface area contributed by atoms with E-state index in [1.165, 1.54) is 17.7 Å². The quantitative estimate of drug-likeness (QED) is 0.795. The van der Waals surface area contributed by atoms with Gasteiger partial charge in [-0.15, -0.1) is 6.58 Å². The van der Waals surface area contributed by atoms with Gasteiger partial charge in [-0.1, -0.05) is 48.5 Å². The van der Waals surface area contributed by atoms with Crippen molar-refractivity contribution in [2.75, 3.05) is 13.1 Å². The van der Waals surface area contributed by atoms with E-state index < -0.39 is 0 Å². The van der Waals surface area contributed by atoms with Crippen LogP contribution in [0, 0.1) is 11.7 Å². The van der Waals surface area contributed by atoms with Gasteiger partial charge in [0.05, 0.1) is 5.92 Å². The number of piperidine rings is 1. The lowest BCUT2D eigenvalue weighted by Crippen LogP contribution is -2.44. The van der Waals surface area contributed by atoms with E-state index in [1.807, 2.05) is 30.3 Å². The van der Waals surface area contributed by atoms with E-state index in [-0.39, 0.29) is 23.7 Å². The molecular weight excluding hydrogens is 327 g/mol. The molecular formula is C22H25FN2O. The van der Waals surface area contributed by atoms with Gasteiger partial charge in [-0.3, -0.25) is 9.69 Å². The van der Waals surface area contributed by atoms with Gasteiger partial charge in [0.2, 0.25) is 5.91 Å². The van der Waals surface area contributed by atoms with Crippen LogP contribution in [0.15, 0.2) is 67.3 Å². The van der Waals surface area contributed by atoms with Crippen LogP contribution in [0.4, 0.5) is 4.39 Å². The summed E-state index contributed by atoms with van der Waals surface area (Å²) in [6, 6.07) is 17.3. The Morgan fingerprint density at radius 3 is 2.58 bits per heavy atom. The molecule has 2 aromatic carbocycles. The molecule has 1 aliphatic rings. The molecule has 1 N–H and O–H groups in total. The molecule has 136 valence electrons. The fraction of sp³-hybridized carbons (Fsp3) is 0.318. The second-order valence-corrected chi connectivity index (χ2v) is 6.79. The van der Waals surface area contributed by atoms with Gasteiger partial charge in [0, 0.05) is 25.7 Å². The van der Waals surface area contributed by atoms with Gasteiger partial charge in [0.25, 0.3) is 0 Å². The van der Waals surface area contributed by atoms with E-state index >= 15 is 0 Å². The lowest BCUT2D eigenvalue weighted by atomic mass is 9.88. The van der Waals surface area contributed by atoms with Crippen LogP contribution in [0.2, 0.25) is 0 Å². The normalized spacial score (nSPS) is 20.5. The first kappa shape index (κ1) is 18.3. The summed E-state index contributed by atoms with van der Waals surface area (Å²) in [5.41, 5.74) is 2.32. The largest absolute Gasteiger partial charge is 0.352 e. The van der Waals surface area contributed by atoms with Crippen molar-refractivity contribution in [1.82, 2.24) is 10.2 Å². The van der Waals surface area contributed by atoms with Gasteiger partial charge in [-0.2, -0.15) is 0 Å². The average Bonchev–Trinajstić information content (AvgIpc) is 2.68. The smallest absolute Gasteiger partial charge is 0.224 e. The van der Waals surface area contributed by atoms with Crippen LogP contribution in [0.1, 0.15) is 30.0 Å². The Labute approximate surface area is 154 Å². The van der Waals surface area contributed by atoms with Crippen molar-refractivity contribution < 1.29 is 9.18 Å². The second kappa shape index (κ2) is 8.77. The van der Waals surface area contributed by atoms with Crippen molar-refractivity contribution >= 4 is 5.91 Å². The maximum atomic E-state index is 13.2. The number of likely N-dealkylation sites (tertiary alicyclic amines) is 1. The molecule has 0 unspecified atom stereocenters. The molecule has 0 bridgehead atoms. The van der Waals surface area contributed by atoms with Gasteiger partial charge < -0.3 is 5.32 Å². The number of amides is 1. The summed E-state index contributed by atoms with van der Waals surface area (Å²) in [4.78, 5) is 14.7. The van der Waals surface area contributed by atoms with Crippen LogP contribution in [0.5, 0.6) is 0 Å². The molecule has 0 spiro atoms. The highest BCUT2D eigenvalue weighted by molar-refractivity contribution is 5.79. The molecule has 1 heterocycles. The Morgan fingerprint density at radius 2 is 1.88 bits per heavy atom. The first-order chi connectivity index (χ1) is 12.7. The lowest BCUT2D eigenvalue weighted by Gasteiger charge is -2.39. The number of hydrogen-bond donors (Lipinski definition) is 1. The molecule has 2 aromatic rings. The van der Waals surface area contributed by atoms with E-state index in [4.69, 9.17) is 0 Å². The minimum absolute atomic E-state index is 0.0321. The minimum atomic E-state index is -0.228. The first-order valence-electron chi connectivity index (χ1n) is 9.09. The molecule has 1 saturated heterocycles. The highest BCUT2D eigenvalue weighted by Gasteiger charge is 2.32. The van der Waals surface area contributed by atoms with Crippen molar-refractivity contribution in [2.24, 2.45) is 5.92 Å². The molecule has 4 heteroatoms. The van der Waals surface area contributed by atoms with Crippen LogP contribution in [-0.4, -0.2) is 23.9 Å². The van der Waals surface area contributed by atoms with Crippen molar-refractivity contribution in [3.63, 3.8) is 0 Å². The number of carbonyl (C=O) groups excluding carboxylic acids is 1. The first-order valence-corrected chi connectivity index (χ1v) is 9.09. The van der Waals surface area contributed by atoms with E-state index in [1.54, 1.807) is 6.08 Å². The number of rotatable bonds is 6. The van der Waals surface area contributed by atoms with Gasteiger partial charge >= 0.3 is 0 Å². The minimum Gasteiger partial charge on any atom is -0.352 e. The summed E-state index contributed by atoms with van der Waals surface area (Å²) in [5.74, 6) is -0.176. The molecule has 2 atom stereocenters. The Bertz CT molecular complexity index is 730. The number of carbonyl (C=O) groups is 1.